The summed E-state index contributed by atoms with van der Waals surface area (Å²) in [4.78, 5) is 16.9. The highest BCUT2D eigenvalue weighted by atomic mass is 35.5. The summed E-state index contributed by atoms with van der Waals surface area (Å²) >= 11 is 6.04. The fraction of sp³-hybridized carbons (Fsp3) is 0.0870. The average molecular weight is 419 g/mol. The van der Waals surface area contributed by atoms with Gasteiger partial charge in [0.15, 0.2) is 0 Å². The fourth-order valence-corrected chi connectivity index (χ4v) is 3.18. The Morgan fingerprint density at radius 2 is 1.90 bits per heavy atom. The third-order valence-electron chi connectivity index (χ3n) is 4.48. The highest BCUT2D eigenvalue weighted by Gasteiger charge is 2.16. The number of imidazole rings is 1. The Labute approximate surface area is 178 Å². The van der Waals surface area contributed by atoms with Crippen molar-refractivity contribution in [3.8, 4) is 5.75 Å². The first-order valence-corrected chi connectivity index (χ1v) is 9.72. The zero-order valence-electron chi connectivity index (χ0n) is 16.2. The molecule has 4 rings (SSSR count). The normalized spacial score (nSPS) is 11.1. The SMILES string of the molecule is Cc1nc2ccc(Cl)cn2c1C(=O)N/N=C\c1ccc(OCc2ccccc2)cc1. The number of benzene rings is 2. The van der Waals surface area contributed by atoms with Crippen LogP contribution in [0.5, 0.6) is 5.75 Å². The summed E-state index contributed by atoms with van der Waals surface area (Å²) in [6.07, 6.45) is 3.23. The van der Waals surface area contributed by atoms with Crippen LogP contribution in [0.3, 0.4) is 0 Å². The Morgan fingerprint density at radius 1 is 1.13 bits per heavy atom. The number of nitrogens with zero attached hydrogens (tertiary/aromatic N) is 3. The topological polar surface area (TPSA) is 68.0 Å². The Morgan fingerprint density at radius 3 is 2.67 bits per heavy atom. The van der Waals surface area contributed by atoms with E-state index in [-0.39, 0.29) is 5.91 Å². The number of hydrogen-bond donors (Lipinski definition) is 1. The molecule has 0 atom stereocenters. The molecule has 0 bridgehead atoms. The van der Waals surface area contributed by atoms with Crippen molar-refractivity contribution in [2.75, 3.05) is 0 Å². The Kier molecular flexibility index (Phi) is 5.77. The molecule has 7 heteroatoms. The first-order chi connectivity index (χ1) is 14.6. The van der Waals surface area contributed by atoms with Gasteiger partial charge in [0.2, 0.25) is 0 Å². The van der Waals surface area contributed by atoms with Crippen LogP contribution in [-0.4, -0.2) is 21.5 Å². The van der Waals surface area contributed by atoms with Gasteiger partial charge in [-0.2, -0.15) is 5.10 Å². The summed E-state index contributed by atoms with van der Waals surface area (Å²) in [5.74, 6) is 0.402. The second-order valence-corrected chi connectivity index (χ2v) is 7.10. The van der Waals surface area contributed by atoms with Crippen LogP contribution in [0.4, 0.5) is 0 Å². The number of aromatic nitrogens is 2. The largest absolute Gasteiger partial charge is 0.489 e. The van der Waals surface area contributed by atoms with E-state index in [1.54, 1.807) is 35.9 Å². The van der Waals surface area contributed by atoms with E-state index in [0.29, 0.717) is 28.7 Å². The molecule has 0 aliphatic carbocycles. The van der Waals surface area contributed by atoms with E-state index in [9.17, 15) is 4.79 Å². The van der Waals surface area contributed by atoms with Gasteiger partial charge in [0.05, 0.1) is 16.9 Å². The van der Waals surface area contributed by atoms with Gasteiger partial charge >= 0.3 is 0 Å². The summed E-state index contributed by atoms with van der Waals surface area (Å²) < 4.78 is 7.42. The third kappa shape index (κ3) is 4.50. The lowest BCUT2D eigenvalue weighted by Crippen LogP contribution is -2.20. The highest BCUT2D eigenvalue weighted by molar-refractivity contribution is 6.30. The van der Waals surface area contributed by atoms with Crippen molar-refractivity contribution < 1.29 is 9.53 Å². The summed E-state index contributed by atoms with van der Waals surface area (Å²) in [7, 11) is 0. The number of nitrogens with one attached hydrogen (secondary N) is 1. The molecule has 1 amide bonds. The number of halogens is 1. The number of ether oxygens (including phenoxy) is 1. The first kappa shape index (κ1) is 19.7. The molecule has 0 saturated heterocycles. The molecule has 0 saturated carbocycles. The smallest absolute Gasteiger partial charge is 0.290 e. The van der Waals surface area contributed by atoms with Gasteiger partial charge in [0, 0.05) is 6.20 Å². The van der Waals surface area contributed by atoms with Gasteiger partial charge in [-0.1, -0.05) is 41.9 Å². The lowest BCUT2D eigenvalue weighted by atomic mass is 10.2. The maximum atomic E-state index is 12.6. The van der Waals surface area contributed by atoms with Crippen molar-refractivity contribution in [1.82, 2.24) is 14.8 Å². The Bertz CT molecular complexity index is 1200. The second-order valence-electron chi connectivity index (χ2n) is 6.66. The van der Waals surface area contributed by atoms with E-state index in [0.717, 1.165) is 16.9 Å². The molecule has 0 fully saturated rings. The molecule has 1 N–H and O–H groups in total. The van der Waals surface area contributed by atoms with Gasteiger partial charge in [0.1, 0.15) is 23.7 Å². The predicted molar refractivity (Wildman–Crippen MR) is 117 cm³/mol. The molecule has 30 heavy (non-hydrogen) atoms. The standard InChI is InChI=1S/C23H19ClN4O2/c1-16-22(28-14-19(24)9-12-21(28)26-16)23(29)27-25-13-17-7-10-20(11-8-17)30-15-18-5-3-2-4-6-18/h2-14H,15H2,1H3,(H,27,29)/b25-13-. The Hall–Kier alpha value is -3.64. The van der Waals surface area contributed by atoms with Crippen molar-refractivity contribution in [1.29, 1.82) is 0 Å². The second kappa shape index (κ2) is 8.80. The quantitative estimate of drug-likeness (QED) is 0.366. The number of hydrogen-bond acceptors (Lipinski definition) is 4. The summed E-state index contributed by atoms with van der Waals surface area (Å²) in [5, 5.41) is 4.57. The number of amides is 1. The lowest BCUT2D eigenvalue weighted by molar-refractivity contribution is 0.0948. The number of carbonyl (C=O) groups is 1. The van der Waals surface area contributed by atoms with E-state index in [4.69, 9.17) is 16.3 Å². The van der Waals surface area contributed by atoms with Crippen LogP contribution in [-0.2, 0) is 6.61 Å². The Balaban J connectivity index is 1.38. The molecule has 150 valence electrons. The zero-order valence-corrected chi connectivity index (χ0v) is 17.0. The van der Waals surface area contributed by atoms with Crippen LogP contribution >= 0.6 is 11.6 Å². The minimum atomic E-state index is -0.360. The van der Waals surface area contributed by atoms with Gasteiger partial charge in [-0.25, -0.2) is 10.4 Å². The van der Waals surface area contributed by atoms with E-state index < -0.39 is 0 Å². The van der Waals surface area contributed by atoms with E-state index in [1.165, 1.54) is 0 Å². The molecule has 2 aromatic carbocycles. The molecule has 6 nitrogen and oxygen atoms in total. The molecular weight excluding hydrogens is 400 g/mol. The minimum absolute atomic E-state index is 0.360. The number of carbonyl (C=O) groups excluding carboxylic acids is 1. The van der Waals surface area contributed by atoms with Gasteiger partial charge in [-0.15, -0.1) is 0 Å². The van der Waals surface area contributed by atoms with E-state index in [1.807, 2.05) is 54.6 Å². The van der Waals surface area contributed by atoms with Crippen molar-refractivity contribution in [3.63, 3.8) is 0 Å². The van der Waals surface area contributed by atoms with Crippen molar-refractivity contribution >= 4 is 29.4 Å². The van der Waals surface area contributed by atoms with Crippen molar-refractivity contribution in [2.45, 2.75) is 13.5 Å². The summed E-state index contributed by atoms with van der Waals surface area (Å²) in [6.45, 7) is 2.28. The molecule has 4 aromatic rings. The zero-order chi connectivity index (χ0) is 20.9. The molecule has 0 unspecified atom stereocenters. The maximum absolute atomic E-state index is 12.6. The molecule has 2 aromatic heterocycles. The molecule has 0 spiro atoms. The van der Waals surface area contributed by atoms with Crippen LogP contribution in [0.1, 0.15) is 27.3 Å². The number of aryl methyl sites for hydroxylation is 1. The molecule has 0 aliphatic heterocycles. The monoisotopic (exact) mass is 418 g/mol. The van der Waals surface area contributed by atoms with Gasteiger partial charge < -0.3 is 4.74 Å². The van der Waals surface area contributed by atoms with Crippen molar-refractivity contribution in [2.24, 2.45) is 5.10 Å². The van der Waals surface area contributed by atoms with E-state index >= 15 is 0 Å². The van der Waals surface area contributed by atoms with Gasteiger partial charge in [-0.3, -0.25) is 9.20 Å². The third-order valence-corrected chi connectivity index (χ3v) is 4.70. The van der Waals surface area contributed by atoms with Crippen LogP contribution < -0.4 is 10.2 Å². The summed E-state index contributed by atoms with van der Waals surface area (Å²) in [6, 6.07) is 20.9. The van der Waals surface area contributed by atoms with Crippen LogP contribution in [0.15, 0.2) is 78.0 Å². The number of rotatable bonds is 6. The number of pyridine rings is 1. The highest BCUT2D eigenvalue weighted by Crippen LogP contribution is 2.16. The predicted octanol–water partition coefficient (Wildman–Crippen LogP) is 4.64. The van der Waals surface area contributed by atoms with Crippen LogP contribution in [0, 0.1) is 6.92 Å². The maximum Gasteiger partial charge on any atom is 0.290 e. The summed E-state index contributed by atoms with van der Waals surface area (Å²) in [5.41, 5.74) is 6.13. The van der Waals surface area contributed by atoms with Crippen LogP contribution in [0.25, 0.3) is 5.65 Å². The molecule has 0 aliphatic rings. The van der Waals surface area contributed by atoms with Gasteiger partial charge in [0.25, 0.3) is 5.91 Å². The van der Waals surface area contributed by atoms with E-state index in [2.05, 4.69) is 15.5 Å². The number of hydrazone groups is 1. The minimum Gasteiger partial charge on any atom is -0.489 e. The van der Waals surface area contributed by atoms with Gasteiger partial charge in [-0.05, 0) is 54.4 Å². The van der Waals surface area contributed by atoms with Crippen LogP contribution in [0.2, 0.25) is 5.02 Å². The lowest BCUT2D eigenvalue weighted by Gasteiger charge is -2.06. The average Bonchev–Trinajstić information content (AvgIpc) is 3.09. The molecule has 2 heterocycles. The number of fused-ring (bicyclic) bond motifs is 1. The van der Waals surface area contributed by atoms with Crippen molar-refractivity contribution in [3.05, 3.63) is 100 Å². The fourth-order valence-electron chi connectivity index (χ4n) is 3.02. The molecular formula is C23H19ClN4O2. The molecule has 0 radical (unpaired) electrons. The first-order valence-electron chi connectivity index (χ1n) is 9.34.